The SMILES string of the molecule is Cn1cc(C(NC(=O)CC2CCCCCC2)C(=O)O)cn1. The van der Waals surface area contributed by atoms with Crippen LogP contribution >= 0.6 is 0 Å². The number of aromatic nitrogens is 2. The van der Waals surface area contributed by atoms with Gasteiger partial charge in [-0.3, -0.25) is 9.48 Å². The summed E-state index contributed by atoms with van der Waals surface area (Å²) in [6.07, 6.45) is 10.5. The van der Waals surface area contributed by atoms with Crippen molar-refractivity contribution in [2.45, 2.75) is 51.0 Å². The van der Waals surface area contributed by atoms with Crippen LogP contribution in [0.1, 0.15) is 56.6 Å². The molecule has 1 heterocycles. The minimum absolute atomic E-state index is 0.182. The molecule has 1 amide bonds. The molecule has 0 aliphatic heterocycles. The van der Waals surface area contributed by atoms with Crippen molar-refractivity contribution in [1.29, 1.82) is 0 Å². The Labute approximate surface area is 124 Å². The van der Waals surface area contributed by atoms with Gasteiger partial charge in [0.2, 0.25) is 5.91 Å². The minimum Gasteiger partial charge on any atom is -0.479 e. The van der Waals surface area contributed by atoms with Crippen LogP contribution in [0.2, 0.25) is 0 Å². The van der Waals surface area contributed by atoms with Crippen LogP contribution in [-0.4, -0.2) is 26.8 Å². The number of carbonyl (C=O) groups is 2. The summed E-state index contributed by atoms with van der Waals surface area (Å²) >= 11 is 0. The summed E-state index contributed by atoms with van der Waals surface area (Å²) in [6.45, 7) is 0. The lowest BCUT2D eigenvalue weighted by Gasteiger charge is -2.17. The fraction of sp³-hybridized carbons (Fsp3) is 0.667. The molecule has 6 nitrogen and oxygen atoms in total. The molecular formula is C15H23N3O3. The molecule has 0 saturated heterocycles. The van der Waals surface area contributed by atoms with Gasteiger partial charge in [0.15, 0.2) is 6.04 Å². The first-order valence-corrected chi connectivity index (χ1v) is 7.57. The first kappa shape index (κ1) is 15.5. The molecule has 1 aliphatic carbocycles. The average molecular weight is 293 g/mol. The quantitative estimate of drug-likeness (QED) is 0.813. The highest BCUT2D eigenvalue weighted by molar-refractivity contribution is 5.84. The molecule has 1 fully saturated rings. The highest BCUT2D eigenvalue weighted by Crippen LogP contribution is 2.25. The number of nitrogens with zero attached hydrogens (tertiary/aromatic N) is 2. The third-order valence-corrected chi connectivity index (χ3v) is 4.06. The molecule has 1 atom stereocenters. The Morgan fingerprint density at radius 1 is 1.38 bits per heavy atom. The molecule has 21 heavy (non-hydrogen) atoms. The van der Waals surface area contributed by atoms with Gasteiger partial charge in [-0.15, -0.1) is 0 Å². The fourth-order valence-corrected chi connectivity index (χ4v) is 2.93. The number of aliphatic carboxylic acids is 1. The summed E-state index contributed by atoms with van der Waals surface area (Å²) in [7, 11) is 1.72. The van der Waals surface area contributed by atoms with Gasteiger partial charge in [0.05, 0.1) is 6.20 Å². The third kappa shape index (κ3) is 4.58. The molecule has 0 radical (unpaired) electrons. The second kappa shape index (κ2) is 7.24. The van der Waals surface area contributed by atoms with Crippen LogP contribution in [-0.2, 0) is 16.6 Å². The zero-order valence-corrected chi connectivity index (χ0v) is 12.4. The van der Waals surface area contributed by atoms with Crippen molar-refractivity contribution in [2.75, 3.05) is 0 Å². The summed E-state index contributed by atoms with van der Waals surface area (Å²) in [5, 5.41) is 15.9. The number of carboxylic acid groups (broad SMARTS) is 1. The van der Waals surface area contributed by atoms with Crippen LogP contribution in [0.4, 0.5) is 0 Å². The van der Waals surface area contributed by atoms with Crippen molar-refractivity contribution in [1.82, 2.24) is 15.1 Å². The van der Waals surface area contributed by atoms with Crippen molar-refractivity contribution in [2.24, 2.45) is 13.0 Å². The lowest BCUT2D eigenvalue weighted by Crippen LogP contribution is -2.34. The van der Waals surface area contributed by atoms with Crippen LogP contribution in [0, 0.1) is 5.92 Å². The molecule has 0 spiro atoms. The minimum atomic E-state index is -1.06. The van der Waals surface area contributed by atoms with Gasteiger partial charge in [0.25, 0.3) is 0 Å². The van der Waals surface area contributed by atoms with E-state index in [1.165, 1.54) is 36.6 Å². The Kier molecular flexibility index (Phi) is 5.36. The average Bonchev–Trinajstić information content (AvgIpc) is 2.69. The monoisotopic (exact) mass is 293 g/mol. The standard InChI is InChI=1S/C15H23N3O3/c1-18-10-12(9-16-18)14(15(20)21)17-13(19)8-11-6-4-2-3-5-7-11/h9-11,14H,2-8H2,1H3,(H,17,19)(H,20,21). The Hall–Kier alpha value is -1.85. The highest BCUT2D eigenvalue weighted by atomic mass is 16.4. The lowest BCUT2D eigenvalue weighted by atomic mass is 9.96. The Morgan fingerprint density at radius 2 is 2.05 bits per heavy atom. The Bertz CT molecular complexity index is 490. The van der Waals surface area contributed by atoms with E-state index in [1.807, 2.05) is 0 Å². The maximum atomic E-state index is 12.1. The van der Waals surface area contributed by atoms with E-state index < -0.39 is 12.0 Å². The number of amides is 1. The zero-order chi connectivity index (χ0) is 15.2. The Morgan fingerprint density at radius 3 is 2.57 bits per heavy atom. The predicted molar refractivity (Wildman–Crippen MR) is 77.5 cm³/mol. The fourth-order valence-electron chi connectivity index (χ4n) is 2.93. The van der Waals surface area contributed by atoms with Gasteiger partial charge < -0.3 is 10.4 Å². The molecule has 1 unspecified atom stereocenters. The van der Waals surface area contributed by atoms with Crippen molar-refractivity contribution >= 4 is 11.9 Å². The summed E-state index contributed by atoms with van der Waals surface area (Å²) in [5.41, 5.74) is 0.499. The van der Waals surface area contributed by atoms with E-state index in [0.29, 0.717) is 17.9 Å². The highest BCUT2D eigenvalue weighted by Gasteiger charge is 2.25. The van der Waals surface area contributed by atoms with Gasteiger partial charge >= 0.3 is 5.97 Å². The molecular weight excluding hydrogens is 270 g/mol. The van der Waals surface area contributed by atoms with E-state index in [1.54, 1.807) is 13.2 Å². The van der Waals surface area contributed by atoms with E-state index >= 15 is 0 Å². The van der Waals surface area contributed by atoms with Crippen molar-refractivity contribution in [3.05, 3.63) is 18.0 Å². The van der Waals surface area contributed by atoms with Gasteiger partial charge in [-0.05, 0) is 18.8 Å². The maximum Gasteiger partial charge on any atom is 0.331 e. The van der Waals surface area contributed by atoms with E-state index in [2.05, 4.69) is 10.4 Å². The second-order valence-electron chi connectivity index (χ2n) is 5.85. The van der Waals surface area contributed by atoms with Gasteiger partial charge in [0, 0.05) is 25.2 Å². The number of carboxylic acids is 1. The third-order valence-electron chi connectivity index (χ3n) is 4.06. The second-order valence-corrected chi connectivity index (χ2v) is 5.85. The molecule has 2 rings (SSSR count). The van der Waals surface area contributed by atoms with Crippen molar-refractivity contribution in [3.8, 4) is 0 Å². The van der Waals surface area contributed by atoms with Crippen molar-refractivity contribution < 1.29 is 14.7 Å². The molecule has 116 valence electrons. The van der Waals surface area contributed by atoms with Crippen LogP contribution in [0.15, 0.2) is 12.4 Å². The summed E-state index contributed by atoms with van der Waals surface area (Å²) in [4.78, 5) is 23.5. The molecule has 1 saturated carbocycles. The molecule has 1 aliphatic rings. The number of hydrogen-bond donors (Lipinski definition) is 2. The Balaban J connectivity index is 1.93. The van der Waals surface area contributed by atoms with Gasteiger partial charge in [-0.25, -0.2) is 4.79 Å². The van der Waals surface area contributed by atoms with Crippen LogP contribution in [0.5, 0.6) is 0 Å². The lowest BCUT2D eigenvalue weighted by molar-refractivity contribution is -0.142. The van der Waals surface area contributed by atoms with E-state index in [9.17, 15) is 14.7 Å². The number of nitrogens with one attached hydrogen (secondary N) is 1. The topological polar surface area (TPSA) is 84.2 Å². The maximum absolute atomic E-state index is 12.1. The smallest absolute Gasteiger partial charge is 0.331 e. The molecule has 0 bridgehead atoms. The normalized spacial score (nSPS) is 18.0. The molecule has 6 heteroatoms. The first-order valence-electron chi connectivity index (χ1n) is 7.57. The number of hydrogen-bond acceptors (Lipinski definition) is 3. The van der Waals surface area contributed by atoms with Crippen molar-refractivity contribution in [3.63, 3.8) is 0 Å². The number of aryl methyl sites for hydroxylation is 1. The van der Waals surface area contributed by atoms with Crippen LogP contribution in [0.3, 0.4) is 0 Å². The van der Waals surface area contributed by atoms with E-state index in [4.69, 9.17) is 0 Å². The number of rotatable bonds is 5. The van der Waals surface area contributed by atoms with Gasteiger partial charge in [0.1, 0.15) is 0 Å². The first-order chi connectivity index (χ1) is 10.1. The zero-order valence-electron chi connectivity index (χ0n) is 12.4. The summed E-state index contributed by atoms with van der Waals surface area (Å²) in [5.74, 6) is -0.855. The summed E-state index contributed by atoms with van der Waals surface area (Å²) in [6, 6.07) is -1.02. The largest absolute Gasteiger partial charge is 0.479 e. The predicted octanol–water partition coefficient (Wildman–Crippen LogP) is 2.02. The molecule has 0 aromatic carbocycles. The van der Waals surface area contributed by atoms with Crippen LogP contribution in [0.25, 0.3) is 0 Å². The van der Waals surface area contributed by atoms with Gasteiger partial charge in [-0.1, -0.05) is 25.7 Å². The van der Waals surface area contributed by atoms with Crippen LogP contribution < -0.4 is 5.32 Å². The molecule has 1 aromatic rings. The van der Waals surface area contributed by atoms with Gasteiger partial charge in [-0.2, -0.15) is 5.10 Å². The van der Waals surface area contributed by atoms with E-state index in [-0.39, 0.29) is 5.91 Å². The molecule has 1 aromatic heterocycles. The number of carbonyl (C=O) groups excluding carboxylic acids is 1. The summed E-state index contributed by atoms with van der Waals surface area (Å²) < 4.78 is 1.53. The molecule has 2 N–H and O–H groups in total. The van der Waals surface area contributed by atoms with E-state index in [0.717, 1.165) is 12.8 Å².